The normalized spacial score (nSPS) is 35.5. The Morgan fingerprint density at radius 2 is 2.14 bits per heavy atom. The van der Waals surface area contributed by atoms with Crippen LogP contribution in [0.4, 0.5) is 0 Å². The quantitative estimate of drug-likeness (QED) is 0.691. The summed E-state index contributed by atoms with van der Waals surface area (Å²) in [5.74, 6) is 1.56. The minimum absolute atomic E-state index is 0.214. The van der Waals surface area contributed by atoms with E-state index in [-0.39, 0.29) is 4.75 Å². The highest BCUT2D eigenvalue weighted by molar-refractivity contribution is 8.06. The van der Waals surface area contributed by atoms with Crippen molar-refractivity contribution in [1.82, 2.24) is 4.90 Å². The molecule has 2 aliphatic rings. The molecule has 0 aliphatic carbocycles. The Morgan fingerprint density at radius 1 is 1.50 bits per heavy atom. The predicted octanol–water partition coefficient (Wildman–Crippen LogP) is 2.40. The predicted molar refractivity (Wildman–Crippen MR) is 63.4 cm³/mol. The molecule has 0 bridgehead atoms. The minimum Gasteiger partial charge on any atom is -0.316 e. The lowest BCUT2D eigenvalue weighted by atomic mass is 10.1. The Balaban J connectivity index is 2.28. The van der Waals surface area contributed by atoms with Crippen LogP contribution >= 0.6 is 23.5 Å². The van der Waals surface area contributed by atoms with Crippen LogP contribution in [-0.2, 0) is 4.79 Å². The summed E-state index contributed by atoms with van der Waals surface area (Å²) in [5.41, 5.74) is 0. The van der Waals surface area contributed by atoms with Crippen LogP contribution in [0, 0.1) is 5.92 Å². The van der Waals surface area contributed by atoms with Crippen molar-refractivity contribution in [2.75, 3.05) is 5.75 Å². The second kappa shape index (κ2) is 3.34. The highest BCUT2D eigenvalue weighted by Crippen LogP contribution is 2.53. The van der Waals surface area contributed by atoms with E-state index < -0.39 is 0 Å². The summed E-state index contributed by atoms with van der Waals surface area (Å²) in [7, 11) is 0. The molecule has 2 nitrogen and oxygen atoms in total. The molecule has 0 radical (unpaired) electrons. The van der Waals surface area contributed by atoms with Gasteiger partial charge in [0.1, 0.15) is 0 Å². The van der Waals surface area contributed by atoms with Crippen molar-refractivity contribution in [2.45, 2.75) is 43.2 Å². The molecule has 1 amide bonds. The zero-order valence-electron chi connectivity index (χ0n) is 9.11. The van der Waals surface area contributed by atoms with Gasteiger partial charge in [0.05, 0.1) is 16.5 Å². The molecule has 0 aromatic carbocycles. The molecule has 2 unspecified atom stereocenters. The van der Waals surface area contributed by atoms with Crippen molar-refractivity contribution in [3.63, 3.8) is 0 Å². The smallest absolute Gasteiger partial charge is 0.234 e. The molecular weight excluding hydrogens is 214 g/mol. The number of carbonyl (C=O) groups is 1. The van der Waals surface area contributed by atoms with Crippen LogP contribution in [0.15, 0.2) is 0 Å². The zero-order valence-corrected chi connectivity index (χ0v) is 10.7. The van der Waals surface area contributed by atoms with Crippen LogP contribution in [0.3, 0.4) is 0 Å². The van der Waals surface area contributed by atoms with Crippen LogP contribution in [0.5, 0.6) is 0 Å². The Bertz CT molecular complexity index is 265. The van der Waals surface area contributed by atoms with Gasteiger partial charge in [0.25, 0.3) is 0 Å². The average molecular weight is 231 g/mol. The fraction of sp³-hybridized carbons (Fsp3) is 0.900. The van der Waals surface area contributed by atoms with Crippen LogP contribution in [-0.4, -0.2) is 32.1 Å². The van der Waals surface area contributed by atoms with E-state index in [1.165, 1.54) is 0 Å². The molecule has 2 fully saturated rings. The van der Waals surface area contributed by atoms with Gasteiger partial charge in [-0.15, -0.1) is 23.5 Å². The van der Waals surface area contributed by atoms with E-state index in [0.717, 1.165) is 0 Å². The molecule has 14 heavy (non-hydrogen) atoms. The molecule has 0 N–H and O–H groups in total. The van der Waals surface area contributed by atoms with Gasteiger partial charge in [0, 0.05) is 4.75 Å². The van der Waals surface area contributed by atoms with Gasteiger partial charge >= 0.3 is 0 Å². The topological polar surface area (TPSA) is 20.3 Å². The second-order valence-electron chi connectivity index (χ2n) is 4.82. The van der Waals surface area contributed by atoms with Gasteiger partial charge in [-0.05, 0) is 19.8 Å². The summed E-state index contributed by atoms with van der Waals surface area (Å²) in [4.78, 5) is 13.9. The number of rotatable bonds is 1. The summed E-state index contributed by atoms with van der Waals surface area (Å²) in [5, 5.41) is 0.782. The minimum atomic E-state index is 0.214. The molecule has 0 aromatic heterocycles. The zero-order chi connectivity index (χ0) is 10.5. The van der Waals surface area contributed by atoms with Gasteiger partial charge in [-0.3, -0.25) is 4.79 Å². The monoisotopic (exact) mass is 231 g/mol. The number of amides is 1. The standard InChI is InChI=1S/C10H17NOS2/c1-6(2)8-11-7(12)5-13-9(11)10(3,4)14-8/h6,8-9H,5H2,1-4H3. The Labute approximate surface area is 94.2 Å². The maximum atomic E-state index is 11.8. The van der Waals surface area contributed by atoms with E-state index in [1.54, 1.807) is 11.8 Å². The number of thioether (sulfide) groups is 2. The van der Waals surface area contributed by atoms with E-state index in [0.29, 0.717) is 28.3 Å². The van der Waals surface area contributed by atoms with Crippen LogP contribution < -0.4 is 0 Å². The van der Waals surface area contributed by atoms with E-state index in [1.807, 2.05) is 11.8 Å². The van der Waals surface area contributed by atoms with E-state index in [9.17, 15) is 4.79 Å². The maximum absolute atomic E-state index is 11.8. The second-order valence-corrected chi connectivity index (χ2v) is 7.66. The molecule has 80 valence electrons. The van der Waals surface area contributed by atoms with Crippen LogP contribution in [0.25, 0.3) is 0 Å². The molecule has 2 saturated heterocycles. The van der Waals surface area contributed by atoms with Crippen LogP contribution in [0.1, 0.15) is 27.7 Å². The summed E-state index contributed by atoms with van der Waals surface area (Å²) >= 11 is 3.76. The SMILES string of the molecule is CC(C)C1SC(C)(C)C2SCC(=O)N12. The third kappa shape index (κ3) is 1.47. The summed E-state index contributed by atoms with van der Waals surface area (Å²) in [6.45, 7) is 8.91. The number of hydrogen-bond donors (Lipinski definition) is 0. The molecule has 2 rings (SSSR count). The highest BCUT2D eigenvalue weighted by Gasteiger charge is 2.53. The van der Waals surface area contributed by atoms with Crippen molar-refractivity contribution in [2.24, 2.45) is 5.92 Å². The molecule has 2 aliphatic heterocycles. The van der Waals surface area contributed by atoms with Crippen molar-refractivity contribution in [3.05, 3.63) is 0 Å². The lowest BCUT2D eigenvalue weighted by molar-refractivity contribution is -0.128. The molecule has 0 aromatic rings. The van der Waals surface area contributed by atoms with Crippen molar-refractivity contribution >= 4 is 29.4 Å². The number of hydrogen-bond acceptors (Lipinski definition) is 3. The largest absolute Gasteiger partial charge is 0.316 e. The molecule has 0 spiro atoms. The molecule has 2 atom stereocenters. The highest BCUT2D eigenvalue weighted by atomic mass is 32.2. The first-order valence-corrected chi connectivity index (χ1v) is 6.97. The third-order valence-corrected chi connectivity index (χ3v) is 6.31. The van der Waals surface area contributed by atoms with Gasteiger partial charge in [-0.1, -0.05) is 13.8 Å². The molecule has 2 heterocycles. The van der Waals surface area contributed by atoms with Gasteiger partial charge < -0.3 is 4.90 Å². The van der Waals surface area contributed by atoms with E-state index in [4.69, 9.17) is 0 Å². The van der Waals surface area contributed by atoms with Gasteiger partial charge in [0.2, 0.25) is 5.91 Å². The van der Waals surface area contributed by atoms with E-state index in [2.05, 4.69) is 32.6 Å². The van der Waals surface area contributed by atoms with Gasteiger partial charge in [-0.25, -0.2) is 0 Å². The number of nitrogens with zero attached hydrogens (tertiary/aromatic N) is 1. The maximum Gasteiger partial charge on any atom is 0.234 e. The third-order valence-electron chi connectivity index (χ3n) is 2.77. The first kappa shape index (κ1) is 10.7. The molecule has 0 saturated carbocycles. The lowest BCUT2D eigenvalue weighted by Crippen LogP contribution is -2.40. The number of fused-ring (bicyclic) bond motifs is 1. The van der Waals surface area contributed by atoms with Crippen molar-refractivity contribution < 1.29 is 4.79 Å². The molecule has 4 heteroatoms. The van der Waals surface area contributed by atoms with Gasteiger partial charge in [0.15, 0.2) is 0 Å². The Hall–Kier alpha value is 0.170. The first-order valence-electron chi connectivity index (χ1n) is 5.04. The lowest BCUT2D eigenvalue weighted by Gasteiger charge is -2.26. The van der Waals surface area contributed by atoms with Gasteiger partial charge in [-0.2, -0.15) is 0 Å². The number of carbonyl (C=O) groups excluding carboxylic acids is 1. The molecular formula is C10H17NOS2. The summed E-state index contributed by atoms with van der Waals surface area (Å²) in [6, 6.07) is 0. The fourth-order valence-corrected chi connectivity index (χ4v) is 5.32. The fourth-order valence-electron chi connectivity index (χ4n) is 2.13. The average Bonchev–Trinajstić information content (AvgIpc) is 2.54. The van der Waals surface area contributed by atoms with Crippen LogP contribution in [0.2, 0.25) is 0 Å². The van der Waals surface area contributed by atoms with E-state index >= 15 is 0 Å². The Morgan fingerprint density at radius 3 is 2.71 bits per heavy atom. The summed E-state index contributed by atoms with van der Waals surface area (Å²) in [6.07, 6.45) is 0. The van der Waals surface area contributed by atoms with Crippen molar-refractivity contribution in [1.29, 1.82) is 0 Å². The first-order chi connectivity index (χ1) is 6.43. The van der Waals surface area contributed by atoms with Crippen molar-refractivity contribution in [3.8, 4) is 0 Å². The Kier molecular flexibility index (Phi) is 2.55. The summed E-state index contributed by atoms with van der Waals surface area (Å²) < 4.78 is 0.214.